The topological polar surface area (TPSA) is 50.7 Å². The van der Waals surface area contributed by atoms with E-state index in [2.05, 4.69) is 5.32 Å². The van der Waals surface area contributed by atoms with Crippen LogP contribution in [0.2, 0.25) is 0 Å². The second-order valence-electron chi connectivity index (χ2n) is 5.38. The fraction of sp³-hybridized carbons (Fsp3) is 0.625. The lowest BCUT2D eigenvalue weighted by Gasteiger charge is -2.36. The van der Waals surface area contributed by atoms with Crippen LogP contribution in [0, 0.1) is 6.92 Å². The number of para-hydroxylation sites is 1. The number of hydrogen-bond donors (Lipinski definition) is 2. The molecule has 1 aliphatic rings. The van der Waals surface area contributed by atoms with Crippen LogP contribution in [0.5, 0.6) is 5.75 Å². The summed E-state index contributed by atoms with van der Waals surface area (Å²) in [6.07, 6.45) is 2.00. The van der Waals surface area contributed by atoms with Gasteiger partial charge in [-0.2, -0.15) is 0 Å². The third-order valence-corrected chi connectivity index (χ3v) is 3.66. The Morgan fingerprint density at radius 3 is 2.80 bits per heavy atom. The summed E-state index contributed by atoms with van der Waals surface area (Å²) < 4.78 is 11.1. The highest BCUT2D eigenvalue weighted by Gasteiger charge is 2.29. The fourth-order valence-electron chi connectivity index (χ4n) is 2.37. The second kappa shape index (κ2) is 7.62. The highest BCUT2D eigenvalue weighted by Crippen LogP contribution is 2.23. The van der Waals surface area contributed by atoms with Gasteiger partial charge in [-0.3, -0.25) is 0 Å². The maximum absolute atomic E-state index is 9.92. The van der Waals surface area contributed by atoms with Crippen molar-refractivity contribution in [1.29, 1.82) is 0 Å². The molecule has 0 aliphatic heterocycles. The molecule has 0 aromatic heterocycles. The molecule has 2 rings (SSSR count). The first-order chi connectivity index (χ1) is 9.69. The van der Waals surface area contributed by atoms with E-state index >= 15 is 0 Å². The van der Waals surface area contributed by atoms with Crippen LogP contribution in [0.1, 0.15) is 25.3 Å². The van der Waals surface area contributed by atoms with Gasteiger partial charge in [0.25, 0.3) is 0 Å². The zero-order chi connectivity index (χ0) is 14.4. The number of benzene rings is 1. The maximum Gasteiger partial charge on any atom is 0.122 e. The molecule has 20 heavy (non-hydrogen) atoms. The van der Waals surface area contributed by atoms with E-state index in [1.807, 2.05) is 38.1 Å². The van der Waals surface area contributed by atoms with Crippen LogP contribution in [0.3, 0.4) is 0 Å². The minimum Gasteiger partial charge on any atom is -0.491 e. The van der Waals surface area contributed by atoms with Crippen LogP contribution < -0.4 is 10.1 Å². The van der Waals surface area contributed by atoms with Crippen LogP contribution in [-0.2, 0) is 4.74 Å². The molecule has 1 aromatic rings. The van der Waals surface area contributed by atoms with Crippen LogP contribution in [-0.4, -0.2) is 43.1 Å². The highest BCUT2D eigenvalue weighted by atomic mass is 16.5. The molecule has 1 fully saturated rings. The minimum atomic E-state index is -0.485. The Kier molecular flexibility index (Phi) is 5.83. The first kappa shape index (κ1) is 15.3. The zero-order valence-corrected chi connectivity index (χ0v) is 12.3. The predicted molar refractivity (Wildman–Crippen MR) is 79.1 cm³/mol. The Bertz CT molecular complexity index is 404. The van der Waals surface area contributed by atoms with Crippen molar-refractivity contribution in [3.05, 3.63) is 29.8 Å². The molecule has 1 saturated carbocycles. The molecule has 0 radical (unpaired) electrons. The molecule has 1 atom stereocenters. The largest absolute Gasteiger partial charge is 0.491 e. The Morgan fingerprint density at radius 2 is 2.10 bits per heavy atom. The van der Waals surface area contributed by atoms with E-state index in [1.54, 1.807) is 0 Å². The van der Waals surface area contributed by atoms with E-state index < -0.39 is 6.10 Å². The van der Waals surface area contributed by atoms with Crippen molar-refractivity contribution in [3.63, 3.8) is 0 Å². The van der Waals surface area contributed by atoms with Crippen LogP contribution in [0.25, 0.3) is 0 Å². The van der Waals surface area contributed by atoms with Crippen LogP contribution in [0.15, 0.2) is 24.3 Å². The Balaban J connectivity index is 1.60. The van der Waals surface area contributed by atoms with Crippen LogP contribution in [0.4, 0.5) is 0 Å². The van der Waals surface area contributed by atoms with Gasteiger partial charge in [0.05, 0.1) is 6.10 Å². The lowest BCUT2D eigenvalue weighted by molar-refractivity contribution is -0.0134. The molecule has 0 heterocycles. The maximum atomic E-state index is 9.92. The average Bonchev–Trinajstić information content (AvgIpc) is 2.40. The van der Waals surface area contributed by atoms with E-state index in [9.17, 15) is 5.11 Å². The van der Waals surface area contributed by atoms with Gasteiger partial charge >= 0.3 is 0 Å². The standard InChI is InChI=1S/C16H25NO3/c1-3-19-15-8-13(9-15)17-10-14(18)11-20-16-7-5-4-6-12(16)2/h4-7,13-15,17-18H,3,8-11H2,1-2H3. The molecular formula is C16H25NO3. The summed E-state index contributed by atoms with van der Waals surface area (Å²) in [6.45, 7) is 5.69. The fourth-order valence-corrected chi connectivity index (χ4v) is 2.37. The molecule has 0 amide bonds. The lowest BCUT2D eigenvalue weighted by atomic mass is 9.89. The number of nitrogens with one attached hydrogen (secondary N) is 1. The van der Waals surface area contributed by atoms with Gasteiger partial charge in [0.15, 0.2) is 0 Å². The lowest BCUT2D eigenvalue weighted by Crippen LogP contribution is -2.48. The van der Waals surface area contributed by atoms with Gasteiger partial charge < -0.3 is 19.9 Å². The molecule has 112 valence electrons. The second-order valence-corrected chi connectivity index (χ2v) is 5.38. The van der Waals surface area contributed by atoms with E-state index in [4.69, 9.17) is 9.47 Å². The normalized spacial score (nSPS) is 23.1. The Hall–Kier alpha value is -1.10. The van der Waals surface area contributed by atoms with Gasteiger partial charge in [-0.25, -0.2) is 0 Å². The average molecular weight is 279 g/mol. The number of hydrogen-bond acceptors (Lipinski definition) is 4. The summed E-state index contributed by atoms with van der Waals surface area (Å²) in [4.78, 5) is 0. The van der Waals surface area contributed by atoms with Gasteiger partial charge in [-0.1, -0.05) is 18.2 Å². The summed E-state index contributed by atoms with van der Waals surface area (Å²) in [5, 5.41) is 13.3. The van der Waals surface area contributed by atoms with E-state index in [1.165, 1.54) is 0 Å². The quantitative estimate of drug-likeness (QED) is 0.763. The van der Waals surface area contributed by atoms with Crippen molar-refractivity contribution in [2.45, 2.75) is 44.9 Å². The molecule has 4 heteroatoms. The third kappa shape index (κ3) is 4.47. The van der Waals surface area contributed by atoms with E-state index in [-0.39, 0.29) is 0 Å². The number of aliphatic hydroxyl groups is 1. The summed E-state index contributed by atoms with van der Waals surface area (Å²) in [5.74, 6) is 0.839. The van der Waals surface area contributed by atoms with Gasteiger partial charge in [-0.05, 0) is 38.3 Å². The SMILES string of the molecule is CCOC1CC(NCC(O)COc2ccccc2C)C1. The number of rotatable bonds is 8. The summed E-state index contributed by atoms with van der Waals surface area (Å²) >= 11 is 0. The van der Waals surface area contributed by atoms with Crippen molar-refractivity contribution in [1.82, 2.24) is 5.32 Å². The van der Waals surface area contributed by atoms with Gasteiger partial charge in [-0.15, -0.1) is 0 Å². The number of aryl methyl sites for hydroxylation is 1. The molecule has 1 aliphatic carbocycles. The van der Waals surface area contributed by atoms with E-state index in [0.717, 1.165) is 30.8 Å². The molecule has 4 nitrogen and oxygen atoms in total. The molecule has 0 bridgehead atoms. The summed E-state index contributed by atoms with van der Waals surface area (Å²) in [6, 6.07) is 8.32. The predicted octanol–water partition coefficient (Wildman–Crippen LogP) is 1.89. The number of aliphatic hydroxyl groups excluding tert-OH is 1. The first-order valence-electron chi connectivity index (χ1n) is 7.40. The third-order valence-electron chi connectivity index (χ3n) is 3.66. The van der Waals surface area contributed by atoms with Gasteiger partial charge in [0.2, 0.25) is 0 Å². The first-order valence-corrected chi connectivity index (χ1v) is 7.40. The Labute approximate surface area is 121 Å². The summed E-state index contributed by atoms with van der Waals surface area (Å²) in [5.41, 5.74) is 1.09. The molecule has 0 saturated heterocycles. The van der Waals surface area contributed by atoms with Gasteiger partial charge in [0.1, 0.15) is 18.5 Å². The highest BCUT2D eigenvalue weighted by molar-refractivity contribution is 5.31. The Morgan fingerprint density at radius 1 is 1.35 bits per heavy atom. The number of ether oxygens (including phenoxy) is 2. The van der Waals surface area contributed by atoms with Crippen molar-refractivity contribution in [3.8, 4) is 5.75 Å². The summed E-state index contributed by atoms with van der Waals surface area (Å²) in [7, 11) is 0. The smallest absolute Gasteiger partial charge is 0.122 e. The van der Waals surface area contributed by atoms with Crippen molar-refractivity contribution in [2.75, 3.05) is 19.8 Å². The molecule has 2 N–H and O–H groups in total. The van der Waals surface area contributed by atoms with Crippen LogP contribution >= 0.6 is 0 Å². The monoisotopic (exact) mass is 279 g/mol. The van der Waals surface area contributed by atoms with Crippen molar-refractivity contribution >= 4 is 0 Å². The van der Waals surface area contributed by atoms with Crippen molar-refractivity contribution < 1.29 is 14.6 Å². The molecule has 1 aromatic carbocycles. The zero-order valence-electron chi connectivity index (χ0n) is 12.3. The molecule has 1 unspecified atom stereocenters. The van der Waals surface area contributed by atoms with Gasteiger partial charge in [0, 0.05) is 19.2 Å². The van der Waals surface area contributed by atoms with E-state index in [0.29, 0.717) is 25.3 Å². The minimum absolute atomic E-state index is 0.319. The van der Waals surface area contributed by atoms with Crippen molar-refractivity contribution in [2.24, 2.45) is 0 Å². The molecule has 0 spiro atoms. The molecular weight excluding hydrogens is 254 g/mol.